The summed E-state index contributed by atoms with van der Waals surface area (Å²) in [5.41, 5.74) is 1.02. The first-order chi connectivity index (χ1) is 9.74. The minimum atomic E-state index is 0.142. The number of carbonyl (C=O) groups excluding carboxylic acids is 1. The largest absolute Gasteiger partial charge is 0.297 e. The smallest absolute Gasteiger partial charge is 0.177 e. The highest BCUT2D eigenvalue weighted by Crippen LogP contribution is 2.25. The van der Waals surface area contributed by atoms with Crippen LogP contribution in [0.4, 0.5) is 0 Å². The molecule has 6 heteroatoms. The zero-order valence-electron chi connectivity index (χ0n) is 11.4. The molecule has 0 aliphatic carbocycles. The monoisotopic (exact) mass is 307 g/mol. The van der Waals surface area contributed by atoms with E-state index in [1.165, 1.54) is 16.4 Å². The van der Waals surface area contributed by atoms with Crippen molar-refractivity contribution in [3.05, 3.63) is 33.0 Å². The number of aryl methyl sites for hydroxylation is 1. The number of hydrogen-bond acceptors (Lipinski definition) is 6. The van der Waals surface area contributed by atoms with Crippen LogP contribution in [-0.4, -0.2) is 33.4 Å². The van der Waals surface area contributed by atoms with E-state index in [0.29, 0.717) is 5.78 Å². The highest BCUT2D eigenvalue weighted by atomic mass is 32.1. The van der Waals surface area contributed by atoms with Crippen molar-refractivity contribution in [2.45, 2.75) is 26.3 Å². The van der Waals surface area contributed by atoms with Gasteiger partial charge in [-0.3, -0.25) is 9.69 Å². The zero-order chi connectivity index (χ0) is 13.9. The number of aromatic nitrogens is 2. The Morgan fingerprint density at radius 3 is 3.15 bits per heavy atom. The first-order valence-corrected chi connectivity index (χ1v) is 8.47. The van der Waals surface area contributed by atoms with Gasteiger partial charge in [0.1, 0.15) is 0 Å². The maximum absolute atomic E-state index is 12.4. The maximum Gasteiger partial charge on any atom is 0.177 e. The number of Topliss-reactive ketones (excluding diaryl/α,β-unsaturated/α-hetero) is 1. The Kier molecular flexibility index (Phi) is 4.24. The van der Waals surface area contributed by atoms with Gasteiger partial charge in [0.25, 0.3) is 0 Å². The van der Waals surface area contributed by atoms with Gasteiger partial charge in [0.2, 0.25) is 0 Å². The average Bonchev–Trinajstić information content (AvgIpc) is 3.11. The summed E-state index contributed by atoms with van der Waals surface area (Å²) in [7, 11) is 0. The fourth-order valence-corrected chi connectivity index (χ4v) is 4.05. The molecule has 4 nitrogen and oxygen atoms in total. The molecule has 1 atom stereocenters. The van der Waals surface area contributed by atoms with Crippen LogP contribution in [0.3, 0.4) is 0 Å². The van der Waals surface area contributed by atoms with Crippen molar-refractivity contribution in [2.75, 3.05) is 13.1 Å². The van der Waals surface area contributed by atoms with Crippen LogP contribution in [-0.2, 0) is 6.54 Å². The van der Waals surface area contributed by atoms with E-state index in [-0.39, 0.29) is 5.92 Å². The van der Waals surface area contributed by atoms with E-state index in [9.17, 15) is 4.79 Å². The Balaban J connectivity index is 1.65. The predicted molar refractivity (Wildman–Crippen MR) is 81.3 cm³/mol. The van der Waals surface area contributed by atoms with Crippen molar-refractivity contribution in [3.63, 3.8) is 0 Å². The molecule has 1 saturated heterocycles. The first kappa shape index (κ1) is 13.9. The third kappa shape index (κ3) is 2.97. The van der Waals surface area contributed by atoms with Crippen LogP contribution in [0.5, 0.6) is 0 Å². The van der Waals surface area contributed by atoms with E-state index < -0.39 is 0 Å². The molecule has 20 heavy (non-hydrogen) atoms. The SMILES string of the molecule is Cc1nnsc1CN1CCC[C@@H](C(=O)c2cccs2)C1. The number of thiophene rings is 1. The van der Waals surface area contributed by atoms with Gasteiger partial charge in [-0.05, 0) is 49.3 Å². The minimum Gasteiger partial charge on any atom is -0.297 e. The molecule has 0 unspecified atom stereocenters. The standard InChI is InChI=1S/C14H17N3OS2/c1-10-13(20-16-15-10)9-17-6-2-4-11(8-17)14(18)12-5-3-7-19-12/h3,5,7,11H,2,4,6,8-9H2,1H3/t11-/m1/s1. The summed E-state index contributed by atoms with van der Waals surface area (Å²) in [6.45, 7) is 4.79. The molecule has 0 aromatic carbocycles. The molecule has 0 saturated carbocycles. The summed E-state index contributed by atoms with van der Waals surface area (Å²) in [5, 5.41) is 6.03. The van der Waals surface area contributed by atoms with Crippen LogP contribution < -0.4 is 0 Å². The molecule has 3 heterocycles. The number of likely N-dealkylation sites (tertiary alicyclic amines) is 1. The lowest BCUT2D eigenvalue weighted by Gasteiger charge is -2.31. The second-order valence-corrected chi connectivity index (χ2v) is 6.98. The maximum atomic E-state index is 12.4. The van der Waals surface area contributed by atoms with Gasteiger partial charge >= 0.3 is 0 Å². The number of ketones is 1. The number of nitrogens with zero attached hydrogens (tertiary/aromatic N) is 3. The van der Waals surface area contributed by atoms with Crippen LogP contribution in [0.1, 0.15) is 33.1 Å². The van der Waals surface area contributed by atoms with Gasteiger partial charge in [0, 0.05) is 19.0 Å². The lowest BCUT2D eigenvalue weighted by atomic mass is 9.93. The quantitative estimate of drug-likeness (QED) is 0.815. The number of piperidine rings is 1. The molecule has 2 aromatic heterocycles. The normalized spacial score (nSPS) is 20.1. The molecule has 106 valence electrons. The van der Waals surface area contributed by atoms with Crippen LogP contribution in [0, 0.1) is 12.8 Å². The van der Waals surface area contributed by atoms with E-state index in [1.54, 1.807) is 11.3 Å². The Morgan fingerprint density at radius 2 is 2.45 bits per heavy atom. The van der Waals surface area contributed by atoms with Gasteiger partial charge in [-0.1, -0.05) is 10.6 Å². The molecular weight excluding hydrogens is 290 g/mol. The Hall–Kier alpha value is -1.11. The molecular formula is C14H17N3OS2. The van der Waals surface area contributed by atoms with Crippen molar-refractivity contribution in [1.82, 2.24) is 14.5 Å². The molecule has 1 aliphatic rings. The molecule has 1 fully saturated rings. The van der Waals surface area contributed by atoms with Crippen molar-refractivity contribution < 1.29 is 4.79 Å². The second-order valence-electron chi connectivity index (χ2n) is 5.20. The molecule has 0 N–H and O–H groups in total. The van der Waals surface area contributed by atoms with Gasteiger partial charge < -0.3 is 0 Å². The van der Waals surface area contributed by atoms with Crippen LogP contribution in [0.15, 0.2) is 17.5 Å². The fourth-order valence-electron chi connectivity index (χ4n) is 2.63. The lowest BCUT2D eigenvalue weighted by Crippen LogP contribution is -2.38. The molecule has 0 spiro atoms. The number of hydrogen-bond donors (Lipinski definition) is 0. The highest BCUT2D eigenvalue weighted by molar-refractivity contribution is 7.12. The van der Waals surface area contributed by atoms with Crippen LogP contribution in [0.25, 0.3) is 0 Å². The Labute approximate surface area is 126 Å². The van der Waals surface area contributed by atoms with E-state index in [1.807, 2.05) is 24.4 Å². The van der Waals surface area contributed by atoms with Gasteiger partial charge in [0.15, 0.2) is 5.78 Å². The summed E-state index contributed by atoms with van der Waals surface area (Å²) >= 11 is 3.01. The van der Waals surface area contributed by atoms with E-state index in [4.69, 9.17) is 0 Å². The molecule has 0 bridgehead atoms. The van der Waals surface area contributed by atoms with Crippen molar-refractivity contribution in [1.29, 1.82) is 0 Å². The fraction of sp³-hybridized carbons (Fsp3) is 0.500. The van der Waals surface area contributed by atoms with Crippen LogP contribution >= 0.6 is 22.9 Å². The summed E-state index contributed by atoms with van der Waals surface area (Å²) in [6, 6.07) is 3.88. The summed E-state index contributed by atoms with van der Waals surface area (Å²) < 4.78 is 3.98. The minimum absolute atomic E-state index is 0.142. The van der Waals surface area contributed by atoms with E-state index in [2.05, 4.69) is 14.5 Å². The van der Waals surface area contributed by atoms with Gasteiger partial charge in [-0.15, -0.1) is 16.4 Å². The van der Waals surface area contributed by atoms with Crippen molar-refractivity contribution in [3.8, 4) is 0 Å². The van der Waals surface area contributed by atoms with Crippen molar-refractivity contribution in [2.24, 2.45) is 5.92 Å². The number of carbonyl (C=O) groups is 1. The molecule has 0 radical (unpaired) electrons. The first-order valence-electron chi connectivity index (χ1n) is 6.82. The van der Waals surface area contributed by atoms with Gasteiger partial charge in [-0.25, -0.2) is 0 Å². The van der Waals surface area contributed by atoms with Crippen LogP contribution in [0.2, 0.25) is 0 Å². The lowest BCUT2D eigenvalue weighted by molar-refractivity contribution is 0.0817. The Bertz CT molecular complexity index is 579. The third-order valence-corrected chi connectivity index (χ3v) is 5.45. The van der Waals surface area contributed by atoms with E-state index >= 15 is 0 Å². The van der Waals surface area contributed by atoms with E-state index in [0.717, 1.165) is 43.0 Å². The van der Waals surface area contributed by atoms with Gasteiger partial charge in [-0.2, -0.15) is 0 Å². The highest BCUT2D eigenvalue weighted by Gasteiger charge is 2.27. The topological polar surface area (TPSA) is 46.1 Å². The molecule has 3 rings (SSSR count). The Morgan fingerprint density at radius 1 is 1.55 bits per heavy atom. The molecule has 1 aliphatic heterocycles. The van der Waals surface area contributed by atoms with Gasteiger partial charge in [0.05, 0.1) is 15.4 Å². The third-order valence-electron chi connectivity index (χ3n) is 3.75. The molecule has 2 aromatic rings. The molecule has 0 amide bonds. The average molecular weight is 307 g/mol. The van der Waals surface area contributed by atoms with Crippen molar-refractivity contribution >= 4 is 28.7 Å². The summed E-state index contributed by atoms with van der Waals surface area (Å²) in [5.74, 6) is 0.451. The number of rotatable bonds is 4. The zero-order valence-corrected chi connectivity index (χ0v) is 13.0. The summed E-state index contributed by atoms with van der Waals surface area (Å²) in [6.07, 6.45) is 2.10. The predicted octanol–water partition coefficient (Wildman–Crippen LogP) is 3.00. The second kappa shape index (κ2) is 6.11. The summed E-state index contributed by atoms with van der Waals surface area (Å²) in [4.78, 5) is 16.9.